The molecule has 2 heterocycles. The molecule has 3 aliphatic rings. The summed E-state index contributed by atoms with van der Waals surface area (Å²) in [5, 5.41) is 13.7. The van der Waals surface area contributed by atoms with Crippen molar-refractivity contribution < 1.29 is 33.4 Å². The highest BCUT2D eigenvalue weighted by Gasteiger charge is 2.51. The second-order valence-corrected chi connectivity index (χ2v) is 10.6. The molecule has 2 bridgehead atoms. The van der Waals surface area contributed by atoms with Crippen LogP contribution in [0.2, 0.25) is 0 Å². The van der Waals surface area contributed by atoms with E-state index in [0.29, 0.717) is 18.6 Å². The molecule has 12 nitrogen and oxygen atoms in total. The molecule has 3 atom stereocenters. The second-order valence-electron chi connectivity index (χ2n) is 10.6. The highest BCUT2D eigenvalue weighted by Crippen LogP contribution is 2.35. The third kappa shape index (κ3) is 8.29. The number of nitrogens with one attached hydrogen (secondary N) is 5. The van der Waals surface area contributed by atoms with Crippen LogP contribution in [-0.4, -0.2) is 80.1 Å². The Kier molecular flexibility index (Phi) is 10.1. The SMILES string of the molecule is COCC(=O)N[C@H]1Cc2ccc(cc2)OCCNC(=O)C2(CC2)NC(=O)[C@@H](Cc2ccccc2)NC(=O)[C@H](C)NC1=O. The lowest BCUT2D eigenvalue weighted by molar-refractivity contribution is -0.135. The molecule has 2 aromatic carbocycles. The average Bonchev–Trinajstić information content (AvgIpc) is 3.76. The number of fused-ring (bicyclic) bond motifs is 15. The molecule has 1 spiro atoms. The lowest BCUT2D eigenvalue weighted by Crippen LogP contribution is -2.59. The van der Waals surface area contributed by atoms with Crippen LogP contribution in [0.5, 0.6) is 5.75 Å². The van der Waals surface area contributed by atoms with Gasteiger partial charge < -0.3 is 36.1 Å². The van der Waals surface area contributed by atoms with Crippen molar-refractivity contribution in [2.45, 2.75) is 56.3 Å². The first-order chi connectivity index (χ1) is 20.2. The van der Waals surface area contributed by atoms with E-state index in [1.807, 2.05) is 30.3 Å². The van der Waals surface area contributed by atoms with Gasteiger partial charge in [0.25, 0.3) is 0 Å². The normalized spacial score (nSPS) is 23.0. The molecule has 1 fully saturated rings. The van der Waals surface area contributed by atoms with Crippen molar-refractivity contribution >= 4 is 29.5 Å². The van der Waals surface area contributed by atoms with E-state index in [1.165, 1.54) is 14.0 Å². The minimum absolute atomic E-state index is 0.146. The summed E-state index contributed by atoms with van der Waals surface area (Å²) in [6, 6.07) is 13.1. The number of amides is 5. The Morgan fingerprint density at radius 1 is 0.976 bits per heavy atom. The third-order valence-electron chi connectivity index (χ3n) is 7.16. The van der Waals surface area contributed by atoms with E-state index in [-0.39, 0.29) is 38.5 Å². The van der Waals surface area contributed by atoms with Gasteiger partial charge in [0, 0.05) is 20.0 Å². The molecule has 0 unspecified atom stereocenters. The predicted octanol–water partition coefficient (Wildman–Crippen LogP) is -0.250. The van der Waals surface area contributed by atoms with Crippen molar-refractivity contribution in [3.8, 4) is 5.75 Å². The van der Waals surface area contributed by atoms with Crippen molar-refractivity contribution in [2.24, 2.45) is 0 Å². The highest BCUT2D eigenvalue weighted by molar-refractivity contribution is 5.98. The Morgan fingerprint density at radius 2 is 1.69 bits per heavy atom. The van der Waals surface area contributed by atoms with Crippen LogP contribution < -0.4 is 31.3 Å². The van der Waals surface area contributed by atoms with E-state index >= 15 is 0 Å². The molecule has 5 amide bonds. The average molecular weight is 580 g/mol. The molecular weight excluding hydrogens is 542 g/mol. The molecule has 0 aromatic heterocycles. The van der Waals surface area contributed by atoms with Crippen LogP contribution >= 0.6 is 0 Å². The van der Waals surface area contributed by atoms with Gasteiger partial charge in [-0.15, -0.1) is 0 Å². The van der Waals surface area contributed by atoms with E-state index in [1.54, 1.807) is 24.3 Å². The summed E-state index contributed by atoms with van der Waals surface area (Å²) in [4.78, 5) is 65.2. The maximum atomic E-state index is 13.4. The van der Waals surface area contributed by atoms with Crippen LogP contribution in [0.1, 0.15) is 30.9 Å². The van der Waals surface area contributed by atoms with Gasteiger partial charge in [0.1, 0.15) is 42.6 Å². The van der Waals surface area contributed by atoms with Gasteiger partial charge in [-0.1, -0.05) is 42.5 Å². The van der Waals surface area contributed by atoms with Gasteiger partial charge in [0.05, 0.1) is 6.54 Å². The van der Waals surface area contributed by atoms with Crippen LogP contribution in [0.15, 0.2) is 54.6 Å². The van der Waals surface area contributed by atoms with Crippen molar-refractivity contribution in [1.82, 2.24) is 26.6 Å². The topological polar surface area (TPSA) is 164 Å². The number of rotatable bonds is 5. The molecule has 5 N–H and O–H groups in total. The summed E-state index contributed by atoms with van der Waals surface area (Å²) in [6.07, 6.45) is 1.27. The minimum Gasteiger partial charge on any atom is -0.492 e. The van der Waals surface area contributed by atoms with Crippen molar-refractivity contribution in [3.63, 3.8) is 0 Å². The molecule has 1 saturated carbocycles. The van der Waals surface area contributed by atoms with Gasteiger partial charge in [-0.3, -0.25) is 24.0 Å². The van der Waals surface area contributed by atoms with E-state index in [4.69, 9.17) is 9.47 Å². The van der Waals surface area contributed by atoms with Crippen LogP contribution in [0.25, 0.3) is 0 Å². The molecule has 2 aliphatic heterocycles. The van der Waals surface area contributed by atoms with Gasteiger partial charge in [0.2, 0.25) is 29.5 Å². The molecule has 12 heteroatoms. The standard InChI is InChI=1S/C30H37N5O7/c1-19-26(37)34-24(16-20-6-4-3-5-7-20)28(39)35-30(12-13-30)29(40)31-14-15-42-22-10-8-21(9-11-22)17-23(27(38)32-19)33-25(36)18-41-2/h3-11,19,23-24H,12-18H2,1-2H3,(H,31,40)(H,32,38)(H,33,36)(H,34,37)(H,35,39)/t19-,23-,24+/m0/s1. The van der Waals surface area contributed by atoms with E-state index in [9.17, 15) is 24.0 Å². The Hall–Kier alpha value is -4.45. The van der Waals surface area contributed by atoms with Crippen molar-refractivity contribution in [3.05, 3.63) is 65.7 Å². The van der Waals surface area contributed by atoms with E-state index in [0.717, 1.165) is 11.1 Å². The number of carbonyl (C=O) groups excluding carboxylic acids is 5. The van der Waals surface area contributed by atoms with Gasteiger partial charge in [0.15, 0.2) is 0 Å². The molecule has 0 radical (unpaired) electrons. The zero-order valence-electron chi connectivity index (χ0n) is 23.7. The molecule has 224 valence electrons. The summed E-state index contributed by atoms with van der Waals surface area (Å²) >= 11 is 0. The zero-order valence-corrected chi connectivity index (χ0v) is 23.7. The van der Waals surface area contributed by atoms with Gasteiger partial charge in [-0.2, -0.15) is 0 Å². The third-order valence-corrected chi connectivity index (χ3v) is 7.16. The predicted molar refractivity (Wildman–Crippen MR) is 152 cm³/mol. The lowest BCUT2D eigenvalue weighted by atomic mass is 10.0. The number of ether oxygens (including phenoxy) is 2. The minimum atomic E-state index is -1.05. The lowest BCUT2D eigenvalue weighted by Gasteiger charge is -2.25. The van der Waals surface area contributed by atoms with Gasteiger partial charge in [-0.25, -0.2) is 0 Å². The summed E-state index contributed by atoms with van der Waals surface area (Å²) in [5.74, 6) is -1.90. The van der Waals surface area contributed by atoms with Crippen LogP contribution in [0.4, 0.5) is 0 Å². The molecular formula is C30H37N5O7. The maximum absolute atomic E-state index is 13.4. The Balaban J connectivity index is 1.57. The number of hydrogen-bond acceptors (Lipinski definition) is 7. The Morgan fingerprint density at radius 3 is 2.36 bits per heavy atom. The summed E-state index contributed by atoms with van der Waals surface area (Å²) < 4.78 is 10.6. The highest BCUT2D eigenvalue weighted by atomic mass is 16.5. The first-order valence-corrected chi connectivity index (χ1v) is 13.9. The van der Waals surface area contributed by atoms with E-state index < -0.39 is 47.3 Å². The Bertz CT molecular complexity index is 1280. The number of benzene rings is 2. The number of hydrogen-bond donors (Lipinski definition) is 5. The number of carbonyl (C=O) groups is 5. The fraction of sp³-hybridized carbons (Fsp3) is 0.433. The first kappa shape index (κ1) is 30.5. The maximum Gasteiger partial charge on any atom is 0.246 e. The summed E-state index contributed by atoms with van der Waals surface area (Å²) in [6.45, 7) is 1.69. The molecule has 42 heavy (non-hydrogen) atoms. The smallest absolute Gasteiger partial charge is 0.246 e. The quantitative estimate of drug-likeness (QED) is 0.305. The summed E-state index contributed by atoms with van der Waals surface area (Å²) in [7, 11) is 1.37. The Labute approximate surface area is 244 Å². The van der Waals surface area contributed by atoms with Crippen molar-refractivity contribution in [1.29, 1.82) is 0 Å². The van der Waals surface area contributed by atoms with Crippen molar-refractivity contribution in [2.75, 3.05) is 26.9 Å². The summed E-state index contributed by atoms with van der Waals surface area (Å²) in [5.41, 5.74) is 0.504. The molecule has 5 rings (SSSR count). The first-order valence-electron chi connectivity index (χ1n) is 13.9. The zero-order chi connectivity index (χ0) is 30.1. The second kappa shape index (κ2) is 13.9. The fourth-order valence-corrected chi connectivity index (χ4v) is 4.63. The van der Waals surface area contributed by atoms with Gasteiger partial charge in [-0.05, 0) is 43.0 Å². The van der Waals surface area contributed by atoms with Crippen LogP contribution in [0.3, 0.4) is 0 Å². The van der Waals surface area contributed by atoms with E-state index in [2.05, 4.69) is 26.6 Å². The molecule has 0 saturated heterocycles. The molecule has 1 aliphatic carbocycles. The largest absolute Gasteiger partial charge is 0.492 e. The molecule has 2 aromatic rings. The van der Waals surface area contributed by atoms with Gasteiger partial charge >= 0.3 is 0 Å². The fourth-order valence-electron chi connectivity index (χ4n) is 4.63. The monoisotopic (exact) mass is 579 g/mol. The number of methoxy groups -OCH3 is 1. The van der Waals surface area contributed by atoms with Crippen LogP contribution in [-0.2, 0) is 41.6 Å². The van der Waals surface area contributed by atoms with Crippen LogP contribution in [0, 0.1) is 0 Å².